The summed E-state index contributed by atoms with van der Waals surface area (Å²) in [6, 6.07) is 5.40. The molecule has 0 atom stereocenters. The monoisotopic (exact) mass is 170 g/mol. The zero-order valence-electron chi connectivity index (χ0n) is 6.55. The van der Waals surface area contributed by atoms with Crippen LogP contribution in [0.3, 0.4) is 0 Å². The fraction of sp³-hybridized carbons (Fsp3) is 0.111. The third-order valence-electron chi connectivity index (χ3n) is 1.32. The van der Waals surface area contributed by atoms with Crippen molar-refractivity contribution in [2.24, 2.45) is 0 Å². The van der Waals surface area contributed by atoms with E-state index >= 15 is 0 Å². The van der Waals surface area contributed by atoms with Gasteiger partial charge in [-0.25, -0.2) is 4.39 Å². The fourth-order valence-corrected chi connectivity index (χ4v) is 0.741. The second kappa shape index (κ2) is 3.85. The van der Waals surface area contributed by atoms with Crippen molar-refractivity contribution in [2.45, 2.75) is 6.92 Å². The summed E-state index contributed by atoms with van der Waals surface area (Å²) < 4.78 is 28.1. The van der Waals surface area contributed by atoms with E-state index in [0.29, 0.717) is 0 Å². The van der Waals surface area contributed by atoms with E-state index in [1.807, 2.05) is 6.92 Å². The Morgan fingerprint density at radius 3 is 2.42 bits per heavy atom. The number of rotatable bonds is 2. The largest absolute Gasteiger partial charge is 0.430 e. The molecule has 0 radical (unpaired) electrons. The van der Waals surface area contributed by atoms with Crippen molar-refractivity contribution in [3.63, 3.8) is 0 Å². The molecular formula is C9H8F2O. The summed E-state index contributed by atoms with van der Waals surface area (Å²) in [5, 5.41) is 0. The summed E-state index contributed by atoms with van der Waals surface area (Å²) in [4.78, 5) is 0. The Balaban J connectivity index is 2.71. The predicted octanol–water partition coefficient (Wildman–Crippen LogP) is 3.11. The van der Waals surface area contributed by atoms with Crippen LogP contribution in [0.4, 0.5) is 8.78 Å². The molecule has 12 heavy (non-hydrogen) atoms. The van der Waals surface area contributed by atoms with Gasteiger partial charge in [-0.15, -0.1) is 0 Å². The number of aryl methyl sites for hydroxylation is 1. The highest BCUT2D eigenvalue weighted by Gasteiger charge is 1.97. The van der Waals surface area contributed by atoms with Gasteiger partial charge in [0.1, 0.15) is 5.75 Å². The maximum absolute atomic E-state index is 12.2. The van der Waals surface area contributed by atoms with Crippen LogP contribution in [0.1, 0.15) is 5.56 Å². The van der Waals surface area contributed by atoms with Crippen molar-refractivity contribution < 1.29 is 13.5 Å². The van der Waals surface area contributed by atoms with E-state index < -0.39 is 6.01 Å². The molecule has 0 bridgehead atoms. The van der Waals surface area contributed by atoms with Crippen LogP contribution in [0, 0.1) is 6.92 Å². The normalized spacial score (nSPS) is 11.4. The molecule has 0 unspecified atom stereocenters. The van der Waals surface area contributed by atoms with Crippen LogP contribution < -0.4 is 4.74 Å². The molecule has 0 aliphatic heterocycles. The van der Waals surface area contributed by atoms with Crippen LogP contribution in [-0.4, -0.2) is 0 Å². The van der Waals surface area contributed by atoms with Gasteiger partial charge in [0, 0.05) is 0 Å². The number of halogens is 2. The molecule has 1 nitrogen and oxygen atoms in total. The second-order valence-corrected chi connectivity index (χ2v) is 2.33. The molecule has 0 N–H and O–H groups in total. The van der Waals surface area contributed by atoms with Crippen LogP contribution in [0.25, 0.3) is 0 Å². The Morgan fingerprint density at radius 1 is 1.33 bits per heavy atom. The quantitative estimate of drug-likeness (QED) is 0.619. The molecule has 1 aromatic carbocycles. The van der Waals surface area contributed by atoms with E-state index in [2.05, 4.69) is 4.74 Å². The lowest BCUT2D eigenvalue weighted by atomic mass is 10.2. The Labute approximate surface area is 69.3 Å². The van der Waals surface area contributed by atoms with Crippen LogP contribution >= 0.6 is 0 Å². The zero-order valence-corrected chi connectivity index (χ0v) is 6.55. The van der Waals surface area contributed by atoms with E-state index in [1.165, 1.54) is 0 Å². The minimum Gasteiger partial charge on any atom is -0.430 e. The standard InChI is InChI=1S/C9H8F2O/c1-7-2-4-8(5-3-7)12-9(11)6-10/h2-6H,1H3/b9-6+. The fourth-order valence-electron chi connectivity index (χ4n) is 0.741. The second-order valence-electron chi connectivity index (χ2n) is 2.33. The van der Waals surface area contributed by atoms with Crippen molar-refractivity contribution in [3.05, 3.63) is 42.2 Å². The van der Waals surface area contributed by atoms with Gasteiger partial charge in [0.25, 0.3) is 0 Å². The molecule has 0 aliphatic rings. The number of benzene rings is 1. The molecule has 0 amide bonds. The van der Waals surface area contributed by atoms with Gasteiger partial charge in [0.2, 0.25) is 0 Å². The Kier molecular flexibility index (Phi) is 2.80. The van der Waals surface area contributed by atoms with Gasteiger partial charge in [0.05, 0.1) is 0 Å². The van der Waals surface area contributed by atoms with Gasteiger partial charge < -0.3 is 4.74 Å². The third kappa shape index (κ3) is 2.34. The summed E-state index contributed by atoms with van der Waals surface area (Å²) in [6.07, 6.45) is -0.222. The molecule has 0 saturated carbocycles. The summed E-state index contributed by atoms with van der Waals surface area (Å²) in [5.74, 6) is 0.284. The first-order valence-electron chi connectivity index (χ1n) is 3.43. The molecule has 1 rings (SSSR count). The summed E-state index contributed by atoms with van der Waals surface area (Å²) >= 11 is 0. The third-order valence-corrected chi connectivity index (χ3v) is 1.32. The Hall–Kier alpha value is -1.38. The molecule has 0 spiro atoms. The first-order valence-corrected chi connectivity index (χ1v) is 3.43. The van der Waals surface area contributed by atoms with Crippen molar-refractivity contribution in [2.75, 3.05) is 0 Å². The number of ether oxygens (including phenoxy) is 1. The topological polar surface area (TPSA) is 9.23 Å². The predicted molar refractivity (Wildman–Crippen MR) is 42.1 cm³/mol. The number of hydrogen-bond donors (Lipinski definition) is 0. The van der Waals surface area contributed by atoms with Crippen LogP contribution in [0.5, 0.6) is 5.75 Å². The van der Waals surface area contributed by atoms with Crippen LogP contribution in [0.15, 0.2) is 36.6 Å². The lowest BCUT2D eigenvalue weighted by Gasteiger charge is -2.00. The first kappa shape index (κ1) is 8.71. The molecular weight excluding hydrogens is 162 g/mol. The SMILES string of the molecule is Cc1ccc(O/C(F)=C/F)cc1. The van der Waals surface area contributed by atoms with Crippen molar-refractivity contribution in [1.29, 1.82) is 0 Å². The van der Waals surface area contributed by atoms with Crippen LogP contribution in [-0.2, 0) is 0 Å². The average molecular weight is 170 g/mol. The summed E-state index contributed by atoms with van der Waals surface area (Å²) in [6.45, 7) is 1.89. The average Bonchev–Trinajstić information content (AvgIpc) is 2.09. The molecule has 64 valence electrons. The van der Waals surface area contributed by atoms with Gasteiger partial charge in [-0.05, 0) is 19.1 Å². The lowest BCUT2D eigenvalue weighted by Crippen LogP contribution is -1.87. The van der Waals surface area contributed by atoms with Gasteiger partial charge in [0.15, 0.2) is 6.33 Å². The highest BCUT2D eigenvalue weighted by Crippen LogP contribution is 2.15. The van der Waals surface area contributed by atoms with Crippen molar-refractivity contribution >= 4 is 0 Å². The number of hydrogen-bond acceptors (Lipinski definition) is 1. The Bertz CT molecular complexity index is 277. The van der Waals surface area contributed by atoms with E-state index in [9.17, 15) is 8.78 Å². The molecule has 0 fully saturated rings. The Morgan fingerprint density at radius 2 is 1.92 bits per heavy atom. The van der Waals surface area contributed by atoms with E-state index in [4.69, 9.17) is 0 Å². The highest BCUT2D eigenvalue weighted by molar-refractivity contribution is 5.27. The highest BCUT2D eigenvalue weighted by atomic mass is 19.2. The molecule has 0 aromatic heterocycles. The van der Waals surface area contributed by atoms with E-state index in [-0.39, 0.29) is 12.1 Å². The lowest BCUT2D eigenvalue weighted by molar-refractivity contribution is 0.289. The summed E-state index contributed by atoms with van der Waals surface area (Å²) in [7, 11) is 0. The molecule has 3 heteroatoms. The minimum absolute atomic E-state index is 0.222. The molecule has 0 saturated heterocycles. The zero-order chi connectivity index (χ0) is 8.97. The van der Waals surface area contributed by atoms with Crippen molar-refractivity contribution in [3.8, 4) is 5.75 Å². The molecule has 1 aromatic rings. The minimum atomic E-state index is -1.24. The van der Waals surface area contributed by atoms with Crippen molar-refractivity contribution in [1.82, 2.24) is 0 Å². The van der Waals surface area contributed by atoms with Crippen LogP contribution in [0.2, 0.25) is 0 Å². The first-order chi connectivity index (χ1) is 5.72. The maximum atomic E-state index is 12.2. The van der Waals surface area contributed by atoms with Gasteiger partial charge in [-0.1, -0.05) is 17.7 Å². The van der Waals surface area contributed by atoms with Gasteiger partial charge in [-0.3, -0.25) is 0 Å². The summed E-state index contributed by atoms with van der Waals surface area (Å²) in [5.41, 5.74) is 1.03. The maximum Gasteiger partial charge on any atom is 0.306 e. The molecule has 0 heterocycles. The smallest absolute Gasteiger partial charge is 0.306 e. The van der Waals surface area contributed by atoms with Gasteiger partial charge in [-0.2, -0.15) is 4.39 Å². The van der Waals surface area contributed by atoms with E-state index in [1.54, 1.807) is 24.3 Å². The van der Waals surface area contributed by atoms with E-state index in [0.717, 1.165) is 5.56 Å². The molecule has 0 aliphatic carbocycles. The van der Waals surface area contributed by atoms with Gasteiger partial charge >= 0.3 is 6.01 Å².